The van der Waals surface area contributed by atoms with E-state index in [2.05, 4.69) is 24.5 Å². The number of anilines is 1. The van der Waals surface area contributed by atoms with Crippen LogP contribution < -0.4 is 15.4 Å². The zero-order valence-electron chi connectivity index (χ0n) is 15.2. The van der Waals surface area contributed by atoms with E-state index in [0.717, 1.165) is 30.0 Å². The highest BCUT2D eigenvalue weighted by Crippen LogP contribution is 2.52. The van der Waals surface area contributed by atoms with Crippen LogP contribution in [0.1, 0.15) is 39.7 Å². The van der Waals surface area contributed by atoms with Gasteiger partial charge < -0.3 is 20.1 Å². The summed E-state index contributed by atoms with van der Waals surface area (Å²) in [7, 11) is 0. The summed E-state index contributed by atoms with van der Waals surface area (Å²) in [6, 6.07) is 5.73. The van der Waals surface area contributed by atoms with Gasteiger partial charge in [-0.2, -0.15) is 0 Å². The van der Waals surface area contributed by atoms with Gasteiger partial charge in [0.05, 0.1) is 12.2 Å². The van der Waals surface area contributed by atoms with E-state index in [9.17, 15) is 4.79 Å². The molecule has 0 bridgehead atoms. The molecule has 1 aliphatic heterocycles. The standard InChI is InChI=1S/C19H28N2O3/c1-11(2)24-13-6-7-15(12(3)10-13)20-18(22)21-16-14-8-9-23-17(14)19(16,4)5/h6-7,10-11,14,16-17H,8-9H2,1-5H3,(H2,20,21,22)/t14-,16+,17-/m0/s1. The second kappa shape index (κ2) is 6.28. The molecule has 0 aromatic heterocycles. The quantitative estimate of drug-likeness (QED) is 0.883. The van der Waals surface area contributed by atoms with Gasteiger partial charge in [-0.05, 0) is 51.0 Å². The maximum absolute atomic E-state index is 12.4. The molecule has 0 radical (unpaired) electrons. The number of fused-ring (bicyclic) bond motifs is 1. The van der Waals surface area contributed by atoms with Crippen LogP contribution in [0.5, 0.6) is 5.75 Å². The first kappa shape index (κ1) is 17.1. The van der Waals surface area contributed by atoms with Crippen molar-refractivity contribution in [1.29, 1.82) is 0 Å². The molecule has 1 aromatic rings. The zero-order chi connectivity index (χ0) is 17.5. The Labute approximate surface area is 144 Å². The number of urea groups is 1. The third kappa shape index (κ3) is 3.09. The van der Waals surface area contributed by atoms with Gasteiger partial charge in [-0.25, -0.2) is 4.79 Å². The Morgan fingerprint density at radius 1 is 1.38 bits per heavy atom. The molecule has 24 heavy (non-hydrogen) atoms. The van der Waals surface area contributed by atoms with Crippen LogP contribution in [0, 0.1) is 18.3 Å². The Kier molecular flexibility index (Phi) is 4.47. The highest BCUT2D eigenvalue weighted by molar-refractivity contribution is 5.90. The maximum atomic E-state index is 12.4. The predicted molar refractivity (Wildman–Crippen MR) is 94.5 cm³/mol. The molecule has 1 saturated carbocycles. The molecule has 1 aromatic carbocycles. The molecule has 1 heterocycles. The Balaban J connectivity index is 1.61. The minimum absolute atomic E-state index is 0.0114. The summed E-state index contributed by atoms with van der Waals surface area (Å²) in [5.41, 5.74) is 1.78. The molecule has 5 nitrogen and oxygen atoms in total. The summed E-state index contributed by atoms with van der Waals surface area (Å²) >= 11 is 0. The second-order valence-corrected chi connectivity index (χ2v) is 7.78. The Hall–Kier alpha value is -1.75. The molecule has 2 N–H and O–H groups in total. The number of benzene rings is 1. The van der Waals surface area contributed by atoms with E-state index in [0.29, 0.717) is 5.92 Å². The smallest absolute Gasteiger partial charge is 0.319 e. The average Bonchev–Trinajstić information content (AvgIpc) is 2.94. The van der Waals surface area contributed by atoms with Crippen LogP contribution in [0.2, 0.25) is 0 Å². The fraction of sp³-hybridized carbons (Fsp3) is 0.632. The molecule has 2 amide bonds. The van der Waals surface area contributed by atoms with Gasteiger partial charge in [0.2, 0.25) is 0 Å². The molecule has 1 saturated heterocycles. The SMILES string of the molecule is Cc1cc(OC(C)C)ccc1NC(=O)N[C@@H]1[C@@H]2CCO[C@@H]2C1(C)C. The number of amides is 2. The van der Waals surface area contributed by atoms with E-state index in [1.165, 1.54) is 0 Å². The number of carbonyl (C=O) groups excluding carboxylic acids is 1. The van der Waals surface area contributed by atoms with Gasteiger partial charge in [-0.1, -0.05) is 13.8 Å². The summed E-state index contributed by atoms with van der Waals surface area (Å²) in [4.78, 5) is 12.4. The monoisotopic (exact) mass is 332 g/mol. The topological polar surface area (TPSA) is 59.6 Å². The predicted octanol–water partition coefficient (Wildman–Crippen LogP) is 3.72. The Morgan fingerprint density at radius 3 is 2.79 bits per heavy atom. The Morgan fingerprint density at radius 2 is 2.12 bits per heavy atom. The van der Waals surface area contributed by atoms with Gasteiger partial charge in [0.25, 0.3) is 0 Å². The van der Waals surface area contributed by atoms with Crippen molar-refractivity contribution >= 4 is 11.7 Å². The molecule has 2 fully saturated rings. The van der Waals surface area contributed by atoms with Gasteiger partial charge in [0.1, 0.15) is 5.75 Å². The third-order valence-electron chi connectivity index (χ3n) is 5.20. The summed E-state index contributed by atoms with van der Waals surface area (Å²) < 4.78 is 11.5. The van der Waals surface area contributed by atoms with E-state index in [1.807, 2.05) is 39.0 Å². The van der Waals surface area contributed by atoms with E-state index < -0.39 is 0 Å². The molecule has 0 unspecified atom stereocenters. The molecule has 0 spiro atoms. The van der Waals surface area contributed by atoms with Crippen molar-refractivity contribution in [3.63, 3.8) is 0 Å². The minimum atomic E-state index is -0.154. The van der Waals surface area contributed by atoms with Crippen LogP contribution in [-0.2, 0) is 4.74 Å². The van der Waals surface area contributed by atoms with Crippen LogP contribution in [0.15, 0.2) is 18.2 Å². The summed E-state index contributed by atoms with van der Waals surface area (Å²) in [5, 5.41) is 6.10. The summed E-state index contributed by atoms with van der Waals surface area (Å²) in [5.74, 6) is 1.26. The van der Waals surface area contributed by atoms with E-state index >= 15 is 0 Å². The van der Waals surface area contributed by atoms with Crippen molar-refractivity contribution in [3.8, 4) is 5.75 Å². The number of aryl methyl sites for hydroxylation is 1. The maximum Gasteiger partial charge on any atom is 0.319 e. The van der Waals surface area contributed by atoms with Crippen molar-refractivity contribution in [2.45, 2.75) is 59.3 Å². The normalized spacial score (nSPS) is 27.3. The van der Waals surface area contributed by atoms with Crippen LogP contribution in [0.3, 0.4) is 0 Å². The van der Waals surface area contributed by atoms with Crippen molar-refractivity contribution in [2.75, 3.05) is 11.9 Å². The molecule has 1 aliphatic carbocycles. The van der Waals surface area contributed by atoms with E-state index in [4.69, 9.17) is 9.47 Å². The summed E-state index contributed by atoms with van der Waals surface area (Å²) in [6.45, 7) is 11.1. The highest BCUT2D eigenvalue weighted by Gasteiger charge is 2.59. The minimum Gasteiger partial charge on any atom is -0.491 e. The van der Waals surface area contributed by atoms with Crippen LogP contribution in [-0.4, -0.2) is 30.9 Å². The van der Waals surface area contributed by atoms with Crippen molar-refractivity contribution in [3.05, 3.63) is 23.8 Å². The second-order valence-electron chi connectivity index (χ2n) is 7.78. The fourth-order valence-electron chi connectivity index (χ4n) is 4.04. The lowest BCUT2D eigenvalue weighted by Crippen LogP contribution is -2.67. The average molecular weight is 332 g/mol. The largest absolute Gasteiger partial charge is 0.491 e. The Bertz CT molecular complexity index is 627. The van der Waals surface area contributed by atoms with Gasteiger partial charge in [-0.15, -0.1) is 0 Å². The molecule has 2 aliphatic rings. The lowest BCUT2D eigenvalue weighted by molar-refractivity contribution is -0.107. The van der Waals surface area contributed by atoms with Crippen molar-refractivity contribution in [1.82, 2.24) is 5.32 Å². The third-order valence-corrected chi connectivity index (χ3v) is 5.20. The summed E-state index contributed by atoms with van der Waals surface area (Å²) in [6.07, 6.45) is 1.44. The van der Waals surface area contributed by atoms with E-state index in [1.54, 1.807) is 0 Å². The van der Waals surface area contributed by atoms with Gasteiger partial charge in [-0.3, -0.25) is 0 Å². The lowest BCUT2D eigenvalue weighted by atomic mass is 9.57. The van der Waals surface area contributed by atoms with Gasteiger partial charge >= 0.3 is 6.03 Å². The number of nitrogens with one attached hydrogen (secondary N) is 2. The molecular formula is C19H28N2O3. The first-order valence-corrected chi connectivity index (χ1v) is 8.75. The number of hydrogen-bond donors (Lipinski definition) is 2. The van der Waals surface area contributed by atoms with Crippen LogP contribution in [0.25, 0.3) is 0 Å². The first-order chi connectivity index (χ1) is 11.3. The fourth-order valence-corrected chi connectivity index (χ4v) is 4.04. The first-order valence-electron chi connectivity index (χ1n) is 8.75. The number of hydrogen-bond acceptors (Lipinski definition) is 3. The number of rotatable bonds is 4. The number of carbonyl (C=O) groups is 1. The van der Waals surface area contributed by atoms with Crippen LogP contribution >= 0.6 is 0 Å². The molecule has 3 rings (SSSR count). The number of ether oxygens (including phenoxy) is 2. The van der Waals surface area contributed by atoms with E-state index in [-0.39, 0.29) is 29.7 Å². The van der Waals surface area contributed by atoms with Crippen molar-refractivity contribution in [2.24, 2.45) is 11.3 Å². The van der Waals surface area contributed by atoms with Gasteiger partial charge in [0, 0.05) is 29.7 Å². The molecule has 132 valence electrons. The zero-order valence-corrected chi connectivity index (χ0v) is 15.2. The molecule has 3 atom stereocenters. The van der Waals surface area contributed by atoms with Crippen LogP contribution in [0.4, 0.5) is 10.5 Å². The molecular weight excluding hydrogens is 304 g/mol. The highest BCUT2D eigenvalue weighted by atomic mass is 16.5. The molecule has 5 heteroatoms. The van der Waals surface area contributed by atoms with Gasteiger partial charge in [0.15, 0.2) is 0 Å². The van der Waals surface area contributed by atoms with Crippen molar-refractivity contribution < 1.29 is 14.3 Å². The lowest BCUT2D eigenvalue weighted by Gasteiger charge is -2.54.